The Hall–Kier alpha value is -3.17. The maximum absolute atomic E-state index is 12.8. The van der Waals surface area contributed by atoms with Gasteiger partial charge in [-0.25, -0.2) is 4.89 Å². The lowest BCUT2D eigenvalue weighted by Gasteiger charge is -2.37. The van der Waals surface area contributed by atoms with E-state index in [0.29, 0.717) is 34.3 Å². The first-order valence-corrected chi connectivity index (χ1v) is 9.81. The number of ether oxygens (including phenoxy) is 6. The second kappa shape index (κ2) is 7.51. The molecule has 0 amide bonds. The second-order valence-electron chi connectivity index (χ2n) is 7.62. The van der Waals surface area contributed by atoms with E-state index in [2.05, 4.69) is 0 Å². The van der Waals surface area contributed by atoms with Crippen LogP contribution in [-0.2, 0) is 14.4 Å². The van der Waals surface area contributed by atoms with Gasteiger partial charge in [-0.1, -0.05) is 0 Å². The summed E-state index contributed by atoms with van der Waals surface area (Å²) in [5, 5.41) is 9.71. The lowest BCUT2D eigenvalue weighted by molar-refractivity contribution is -0.298. The Morgan fingerprint density at radius 3 is 2.13 bits per heavy atom. The molecule has 2 heterocycles. The lowest BCUT2D eigenvalue weighted by atomic mass is 9.66. The zero-order valence-electron chi connectivity index (χ0n) is 17.2. The average molecular weight is 430 g/mol. The van der Waals surface area contributed by atoms with Gasteiger partial charge in [-0.15, -0.1) is 0 Å². The van der Waals surface area contributed by atoms with Gasteiger partial charge >= 0.3 is 5.97 Å². The highest BCUT2D eigenvalue weighted by Crippen LogP contribution is 2.56. The van der Waals surface area contributed by atoms with Crippen LogP contribution < -0.4 is 23.7 Å². The molecule has 4 atom stereocenters. The quantitative estimate of drug-likeness (QED) is 0.436. The van der Waals surface area contributed by atoms with Crippen molar-refractivity contribution in [1.29, 1.82) is 0 Å². The number of rotatable bonds is 5. The Labute approximate surface area is 178 Å². The van der Waals surface area contributed by atoms with Crippen molar-refractivity contribution in [3.05, 3.63) is 41.0 Å². The highest BCUT2D eigenvalue weighted by Gasteiger charge is 2.53. The molecule has 2 aromatic rings. The molecule has 0 radical (unpaired) electrons. The van der Waals surface area contributed by atoms with Crippen LogP contribution in [0.1, 0.15) is 28.7 Å². The maximum Gasteiger partial charge on any atom is 0.310 e. The van der Waals surface area contributed by atoms with E-state index in [1.54, 1.807) is 6.07 Å². The zero-order chi connectivity index (χ0) is 21.7. The van der Waals surface area contributed by atoms with Crippen LogP contribution in [0.4, 0.5) is 0 Å². The van der Waals surface area contributed by atoms with Crippen molar-refractivity contribution in [1.82, 2.24) is 0 Å². The van der Waals surface area contributed by atoms with Crippen LogP contribution in [0.2, 0.25) is 0 Å². The molecule has 0 bridgehead atoms. The van der Waals surface area contributed by atoms with Gasteiger partial charge in [-0.2, -0.15) is 0 Å². The van der Waals surface area contributed by atoms with Crippen molar-refractivity contribution >= 4 is 5.97 Å². The molecule has 164 valence electrons. The fraction of sp³-hybridized carbons (Fsp3) is 0.409. The molecule has 1 N–H and O–H groups in total. The largest absolute Gasteiger partial charge is 0.493 e. The molecule has 2 aromatic carbocycles. The molecular formula is C22H22O9. The molecule has 3 aliphatic rings. The number of fused-ring (bicyclic) bond motifs is 3. The van der Waals surface area contributed by atoms with Crippen LogP contribution >= 0.6 is 0 Å². The van der Waals surface area contributed by atoms with E-state index in [-0.39, 0.29) is 25.3 Å². The molecule has 5 rings (SSSR count). The van der Waals surface area contributed by atoms with Crippen molar-refractivity contribution in [3.8, 4) is 28.7 Å². The van der Waals surface area contributed by atoms with Crippen LogP contribution in [0.5, 0.6) is 28.7 Å². The molecule has 1 saturated heterocycles. The monoisotopic (exact) mass is 430 g/mol. The third-order valence-corrected chi connectivity index (χ3v) is 6.28. The number of carbonyl (C=O) groups excluding carboxylic acids is 1. The number of carbonyl (C=O) groups is 1. The van der Waals surface area contributed by atoms with Crippen molar-refractivity contribution in [2.45, 2.75) is 12.0 Å². The van der Waals surface area contributed by atoms with Gasteiger partial charge in [0.25, 0.3) is 0 Å². The predicted molar refractivity (Wildman–Crippen MR) is 105 cm³/mol. The highest BCUT2D eigenvalue weighted by atomic mass is 17.1. The summed E-state index contributed by atoms with van der Waals surface area (Å²) in [6.07, 6.45) is -0.737. The minimum absolute atomic E-state index is 0.104. The molecule has 0 spiro atoms. The Bertz CT molecular complexity index is 1010. The molecule has 2 aliphatic heterocycles. The summed E-state index contributed by atoms with van der Waals surface area (Å²) in [6.45, 7) is 0.246. The van der Waals surface area contributed by atoms with Gasteiger partial charge in [0.05, 0.1) is 33.9 Å². The van der Waals surface area contributed by atoms with Gasteiger partial charge in [0.15, 0.2) is 23.0 Å². The van der Waals surface area contributed by atoms with E-state index in [1.165, 1.54) is 21.3 Å². The van der Waals surface area contributed by atoms with E-state index in [9.17, 15) is 10.1 Å². The van der Waals surface area contributed by atoms with Crippen molar-refractivity contribution < 1.29 is 43.4 Å². The maximum atomic E-state index is 12.8. The molecule has 0 aromatic heterocycles. The van der Waals surface area contributed by atoms with Gasteiger partial charge in [-0.05, 0) is 41.0 Å². The predicted octanol–water partition coefficient (Wildman–Crippen LogP) is 2.91. The average Bonchev–Trinajstić information content (AvgIpc) is 3.41. The van der Waals surface area contributed by atoms with Crippen molar-refractivity contribution in [3.63, 3.8) is 0 Å². The summed E-state index contributed by atoms with van der Waals surface area (Å²) in [5.74, 6) is 0.814. The number of hydrogen-bond donors (Lipinski definition) is 1. The normalized spacial score (nSPS) is 25.5. The molecule has 1 fully saturated rings. The topological polar surface area (TPSA) is 102 Å². The van der Waals surface area contributed by atoms with Gasteiger partial charge in [0.1, 0.15) is 6.10 Å². The van der Waals surface area contributed by atoms with Crippen LogP contribution in [0, 0.1) is 11.8 Å². The van der Waals surface area contributed by atoms with E-state index in [4.69, 9.17) is 33.3 Å². The first kappa shape index (κ1) is 19.8. The van der Waals surface area contributed by atoms with Gasteiger partial charge in [0.2, 0.25) is 12.5 Å². The Morgan fingerprint density at radius 1 is 0.903 bits per heavy atom. The van der Waals surface area contributed by atoms with Crippen LogP contribution in [0.25, 0.3) is 0 Å². The van der Waals surface area contributed by atoms with Gasteiger partial charge < -0.3 is 28.4 Å². The summed E-state index contributed by atoms with van der Waals surface area (Å²) in [4.78, 5) is 17.7. The van der Waals surface area contributed by atoms with Gasteiger partial charge in [-0.3, -0.25) is 10.1 Å². The third-order valence-electron chi connectivity index (χ3n) is 6.28. The molecule has 9 heteroatoms. The Balaban J connectivity index is 1.75. The van der Waals surface area contributed by atoms with Crippen molar-refractivity contribution in [2.75, 3.05) is 34.7 Å². The minimum atomic E-state index is -0.737. The summed E-state index contributed by atoms with van der Waals surface area (Å²) in [6, 6.07) is 7.27. The van der Waals surface area contributed by atoms with E-state index in [1.807, 2.05) is 18.2 Å². The smallest absolute Gasteiger partial charge is 0.310 e. The van der Waals surface area contributed by atoms with Crippen LogP contribution in [0.15, 0.2) is 24.3 Å². The fourth-order valence-corrected chi connectivity index (χ4v) is 4.93. The summed E-state index contributed by atoms with van der Waals surface area (Å²) in [7, 11) is 4.61. The van der Waals surface area contributed by atoms with Crippen molar-refractivity contribution in [2.24, 2.45) is 11.8 Å². The Kier molecular flexibility index (Phi) is 4.79. The number of hydrogen-bond acceptors (Lipinski definition) is 9. The van der Waals surface area contributed by atoms with Gasteiger partial charge in [0, 0.05) is 11.8 Å². The standard InChI is InChI=1S/C22H22O9/c1-25-16-4-10(5-17(26-2)21(16)27-3)18-11-6-14-15(30-9-29-14)7-12(11)20(31-24)13-8-28-22(23)19(13)18/h4-7,13,18-20,24H,8-9H2,1-3H3/t13-,18+,19-,20-/m0/s1. The SMILES string of the molecule is COc1cc([C@@H]2c3cc4c(cc3[C@H](OO)[C@H]3COC(=O)[C@H]23)OCO4)cc(OC)c1OC. The number of esters is 1. The highest BCUT2D eigenvalue weighted by molar-refractivity contribution is 5.79. The number of methoxy groups -OCH3 is 3. The molecule has 0 saturated carbocycles. The summed E-state index contributed by atoms with van der Waals surface area (Å²) >= 11 is 0. The van der Waals surface area contributed by atoms with E-state index in [0.717, 1.165) is 11.1 Å². The van der Waals surface area contributed by atoms with E-state index >= 15 is 0 Å². The van der Waals surface area contributed by atoms with E-state index < -0.39 is 17.9 Å². The first-order valence-electron chi connectivity index (χ1n) is 9.81. The number of benzene rings is 2. The molecule has 1 aliphatic carbocycles. The molecule has 0 unspecified atom stereocenters. The second-order valence-corrected chi connectivity index (χ2v) is 7.62. The first-order chi connectivity index (χ1) is 15.1. The summed E-state index contributed by atoms with van der Waals surface area (Å²) in [5.41, 5.74) is 2.27. The van der Waals surface area contributed by atoms with Crippen LogP contribution in [0.3, 0.4) is 0 Å². The molecular weight excluding hydrogens is 408 g/mol. The molecule has 9 nitrogen and oxygen atoms in total. The summed E-state index contributed by atoms with van der Waals surface area (Å²) < 4.78 is 33.0. The lowest BCUT2D eigenvalue weighted by Crippen LogP contribution is -2.35. The third kappa shape index (κ3) is 2.88. The fourth-order valence-electron chi connectivity index (χ4n) is 4.93. The minimum Gasteiger partial charge on any atom is -0.493 e. The Morgan fingerprint density at radius 2 is 1.55 bits per heavy atom. The zero-order valence-corrected chi connectivity index (χ0v) is 17.2. The number of cyclic esters (lactones) is 1. The molecule has 31 heavy (non-hydrogen) atoms. The van der Waals surface area contributed by atoms with Crippen LogP contribution in [-0.4, -0.2) is 46.0 Å².